The van der Waals surface area contributed by atoms with Gasteiger partial charge in [0.25, 0.3) is 0 Å². The second-order valence-corrected chi connectivity index (χ2v) is 16.9. The Morgan fingerprint density at radius 1 is 0.484 bits per heavy atom. The summed E-state index contributed by atoms with van der Waals surface area (Å²) >= 11 is 0. The van der Waals surface area contributed by atoms with Crippen LogP contribution in [0.4, 0.5) is 0 Å². The van der Waals surface area contributed by atoms with E-state index >= 15 is 0 Å². The maximum Gasteiger partial charge on any atom is 2.00 e. The predicted molar refractivity (Wildman–Crippen MR) is 275 cm³/mol. The Balaban J connectivity index is 0.00000135. The van der Waals surface area contributed by atoms with Crippen molar-refractivity contribution < 1.29 is 21.3 Å². The van der Waals surface area contributed by atoms with Crippen molar-refractivity contribution in [2.75, 3.05) is 0 Å². The number of allylic oxidation sites excluding steroid dienone is 2. The number of aryl methyl sites for hydroxylation is 4. The summed E-state index contributed by atoms with van der Waals surface area (Å²) in [6.45, 7) is 18.3. The molecular weight excluding hydrogens is 819 g/mol. The minimum Gasteiger partial charge on any atom is -0.348 e. The maximum atomic E-state index is 9.97. The van der Waals surface area contributed by atoms with Gasteiger partial charge in [-0.25, -0.2) is 0 Å². The van der Waals surface area contributed by atoms with Gasteiger partial charge in [-0.15, -0.1) is 4.79 Å². The Hall–Kier alpha value is -4.17. The third kappa shape index (κ3) is 22.2. The Labute approximate surface area is 403 Å². The zero-order chi connectivity index (χ0) is 45.8. The Morgan fingerprint density at radius 3 is 1.25 bits per heavy atom. The van der Waals surface area contributed by atoms with Crippen LogP contribution in [0.2, 0.25) is 0 Å². The van der Waals surface area contributed by atoms with Gasteiger partial charge in [-0.2, -0.15) is 72.8 Å². The van der Waals surface area contributed by atoms with Gasteiger partial charge in [0.1, 0.15) is 0 Å². The fourth-order valence-electron chi connectivity index (χ4n) is 8.41. The molecule has 348 valence electrons. The van der Waals surface area contributed by atoms with Gasteiger partial charge >= 0.3 is 22.4 Å². The summed E-state index contributed by atoms with van der Waals surface area (Å²) in [6, 6.07) is 35.2. The number of benzene rings is 4. The Kier molecular flexibility index (Phi) is 34.5. The van der Waals surface area contributed by atoms with Gasteiger partial charge in [0.05, 0.1) is 0 Å². The predicted octanol–water partition coefficient (Wildman–Crippen LogP) is 17.3. The van der Waals surface area contributed by atoms with Crippen molar-refractivity contribution in [1.82, 2.24) is 0 Å². The van der Waals surface area contributed by atoms with Crippen LogP contribution >= 0.6 is 0 Å². The minimum absolute atomic E-state index is 0. The molecule has 4 aromatic rings. The minimum atomic E-state index is 0. The monoisotopic (exact) mass is 903 g/mol. The normalized spacial score (nSPS) is 10.6. The largest absolute Gasteiger partial charge is 2.00 e. The first kappa shape index (κ1) is 57.9. The van der Waals surface area contributed by atoms with E-state index in [-0.39, 0.29) is 16.5 Å². The molecule has 0 heterocycles. The number of unbranched alkanes of at least 4 members (excludes halogenated alkanes) is 8. The van der Waals surface area contributed by atoms with Crippen molar-refractivity contribution >= 4 is 11.4 Å². The second-order valence-electron chi connectivity index (χ2n) is 16.9. The smallest absolute Gasteiger partial charge is 0.348 e. The van der Waals surface area contributed by atoms with Crippen molar-refractivity contribution in [2.45, 2.75) is 203 Å². The van der Waals surface area contributed by atoms with Crippen LogP contribution < -0.4 is 0 Å². The molecule has 0 fully saturated rings. The summed E-state index contributed by atoms with van der Waals surface area (Å²) in [5.74, 6) is 9.76. The van der Waals surface area contributed by atoms with Crippen LogP contribution in [0.15, 0.2) is 96.1 Å². The quantitative estimate of drug-likeness (QED) is 0.00929. The summed E-state index contributed by atoms with van der Waals surface area (Å²) < 4.78 is 0. The molecule has 0 saturated heterocycles. The van der Waals surface area contributed by atoms with E-state index in [1.165, 1.54) is 97.6 Å². The molecule has 0 amide bonds. The first-order valence-corrected chi connectivity index (χ1v) is 25.3. The molecule has 4 aromatic carbocycles. The average molecular weight is 904 g/mol. The van der Waals surface area contributed by atoms with Gasteiger partial charge in [0.15, 0.2) is 5.57 Å². The number of nitrogens with zero attached hydrogens (tertiary/aromatic N) is 2. The summed E-state index contributed by atoms with van der Waals surface area (Å²) in [6.07, 6.45) is 26.4. The molecule has 0 spiro atoms. The molecule has 0 aliphatic rings. The molecule has 0 unspecified atom stereocenters. The fourth-order valence-corrected chi connectivity index (χ4v) is 8.41. The number of rotatable bonds is 25. The van der Waals surface area contributed by atoms with Gasteiger partial charge in [0, 0.05) is 6.42 Å². The van der Waals surface area contributed by atoms with Crippen molar-refractivity contribution in [3.05, 3.63) is 158 Å². The standard InChI is InChI=1S/C49H74N2.2C6H5.Ni/c1-9-17-22-30-41-36-45(37-42(31-23-18-10-2)47(41)32-24-19-11-3)49(48(33-25-20-12-4)43(38-51-50)29-21-13-5)44-34-39(26-14-6)46(28-16-8)40(35-44)27-15-7;2*1-2-4-6-5-3-1;/h34-37H,9-20,22-28,30-33H2,1-8H3;2*1-5H;/q;2*-1;+2. The summed E-state index contributed by atoms with van der Waals surface area (Å²) in [5, 5.41) is 0. The van der Waals surface area contributed by atoms with Gasteiger partial charge in [-0.05, 0) is 126 Å². The molecule has 0 N–H and O–H groups in total. The zero-order valence-corrected chi connectivity index (χ0v) is 42.5. The van der Waals surface area contributed by atoms with Gasteiger partial charge in [-0.3, -0.25) is 0 Å². The number of hydrogen-bond acceptors (Lipinski definition) is 0. The fraction of sp³-hybridized carbons (Fsp3) is 0.508. The van der Waals surface area contributed by atoms with E-state index in [0.717, 1.165) is 89.0 Å². The zero-order valence-electron chi connectivity index (χ0n) is 41.6. The topological polar surface area (TPSA) is 36.4 Å². The molecule has 0 aromatic heterocycles. The Bertz CT molecular complexity index is 1840. The average Bonchev–Trinajstić information content (AvgIpc) is 3.31. The molecule has 0 aliphatic heterocycles. The molecule has 0 saturated carbocycles. The Morgan fingerprint density at radius 2 is 0.891 bits per heavy atom. The van der Waals surface area contributed by atoms with Crippen LogP contribution in [0.3, 0.4) is 0 Å². The van der Waals surface area contributed by atoms with E-state index in [2.05, 4.69) is 114 Å². The van der Waals surface area contributed by atoms with Crippen LogP contribution in [-0.2, 0) is 55.0 Å². The van der Waals surface area contributed by atoms with Crippen LogP contribution in [-0.4, -0.2) is 10.7 Å². The van der Waals surface area contributed by atoms with Crippen molar-refractivity contribution in [2.24, 2.45) is 0 Å². The van der Waals surface area contributed by atoms with Gasteiger partial charge in [-0.1, -0.05) is 162 Å². The van der Waals surface area contributed by atoms with Crippen LogP contribution in [0.1, 0.15) is 209 Å². The van der Waals surface area contributed by atoms with E-state index in [4.69, 9.17) is 0 Å². The van der Waals surface area contributed by atoms with E-state index in [1.807, 2.05) is 60.7 Å². The van der Waals surface area contributed by atoms with E-state index in [9.17, 15) is 5.53 Å². The summed E-state index contributed by atoms with van der Waals surface area (Å²) in [7, 11) is 0. The maximum absolute atomic E-state index is 9.97. The van der Waals surface area contributed by atoms with Crippen LogP contribution in [0, 0.1) is 24.0 Å². The van der Waals surface area contributed by atoms with E-state index < -0.39 is 0 Å². The first-order chi connectivity index (χ1) is 31.0. The van der Waals surface area contributed by atoms with E-state index in [1.54, 1.807) is 22.3 Å². The molecular formula is C61H84N2Ni. The third-order valence-electron chi connectivity index (χ3n) is 11.5. The molecule has 0 atom stereocenters. The third-order valence-corrected chi connectivity index (χ3v) is 11.5. The van der Waals surface area contributed by atoms with Crippen molar-refractivity contribution in [3.8, 4) is 11.8 Å². The summed E-state index contributed by atoms with van der Waals surface area (Å²) in [5.41, 5.74) is 25.1. The molecule has 4 rings (SSSR count). The SMILES string of the molecule is CCC#CC(=C=[N+]=[N-])C(CCCCC)=C(c1cc(CCC)c(CCC)c(CCC)c1)c1cc(CCCCC)c(CCCCC)c(CCCCC)c1.[Ni+2].[c-]1ccccc1.[c-]1ccccc1. The number of hydrogen-bond donors (Lipinski definition) is 0. The molecule has 0 radical (unpaired) electrons. The van der Waals surface area contributed by atoms with Gasteiger partial charge in [0.2, 0.25) is 0 Å². The molecule has 0 bridgehead atoms. The molecule has 3 heteroatoms. The van der Waals surface area contributed by atoms with Crippen LogP contribution in [0.5, 0.6) is 0 Å². The van der Waals surface area contributed by atoms with Crippen molar-refractivity contribution in [3.63, 3.8) is 0 Å². The van der Waals surface area contributed by atoms with Crippen molar-refractivity contribution in [1.29, 1.82) is 0 Å². The molecule has 0 aliphatic carbocycles. The van der Waals surface area contributed by atoms with Gasteiger partial charge < -0.3 is 5.53 Å². The first-order valence-electron chi connectivity index (χ1n) is 25.3. The second kappa shape index (κ2) is 38.1. The van der Waals surface area contributed by atoms with E-state index in [0.29, 0.717) is 0 Å². The summed E-state index contributed by atoms with van der Waals surface area (Å²) in [4.78, 5) is 3.51. The van der Waals surface area contributed by atoms with Crippen LogP contribution in [0.25, 0.3) is 11.1 Å². The molecule has 2 nitrogen and oxygen atoms in total. The molecule has 64 heavy (non-hydrogen) atoms.